The van der Waals surface area contributed by atoms with Crippen LogP contribution in [0, 0.1) is 20.8 Å². The molecule has 1 atom stereocenters. The zero-order valence-electron chi connectivity index (χ0n) is 15.6. The van der Waals surface area contributed by atoms with Gasteiger partial charge in [0.05, 0.1) is 12.3 Å². The van der Waals surface area contributed by atoms with Gasteiger partial charge in [0.1, 0.15) is 6.04 Å². The smallest absolute Gasteiger partial charge is 0.411 e. The summed E-state index contributed by atoms with van der Waals surface area (Å²) in [5.41, 5.74) is 3.13. The summed E-state index contributed by atoms with van der Waals surface area (Å²) in [6.45, 7) is 9.56. The van der Waals surface area contributed by atoms with Crippen LogP contribution in [-0.2, 0) is 9.53 Å². The van der Waals surface area contributed by atoms with Crippen LogP contribution in [0.4, 0.5) is 21.3 Å². The summed E-state index contributed by atoms with van der Waals surface area (Å²) in [5, 5.41) is 9.28. The number of carbonyl (C=O) groups is 2. The van der Waals surface area contributed by atoms with E-state index >= 15 is 0 Å². The van der Waals surface area contributed by atoms with Crippen molar-refractivity contribution in [3.63, 3.8) is 0 Å². The van der Waals surface area contributed by atoms with Gasteiger partial charge in [-0.15, -0.1) is 11.3 Å². The van der Waals surface area contributed by atoms with E-state index in [9.17, 15) is 9.59 Å². The van der Waals surface area contributed by atoms with Crippen molar-refractivity contribution in [3.8, 4) is 0 Å². The van der Waals surface area contributed by atoms with Gasteiger partial charge in [0.25, 0.3) is 0 Å². The van der Waals surface area contributed by atoms with Crippen molar-refractivity contribution in [3.05, 3.63) is 34.3 Å². The topological polar surface area (TPSA) is 92.4 Å². The lowest BCUT2D eigenvalue weighted by molar-refractivity contribution is -0.116. The summed E-state index contributed by atoms with van der Waals surface area (Å²) >= 11 is 1.45. The van der Waals surface area contributed by atoms with Gasteiger partial charge in [0.2, 0.25) is 5.91 Å². The molecule has 0 fully saturated rings. The van der Waals surface area contributed by atoms with Gasteiger partial charge in [-0.05, 0) is 52.3 Å². The van der Waals surface area contributed by atoms with Crippen molar-refractivity contribution in [2.75, 3.05) is 22.6 Å². The second-order valence-corrected chi connectivity index (χ2v) is 7.04. The van der Waals surface area contributed by atoms with Gasteiger partial charge in [-0.1, -0.05) is 6.07 Å². The summed E-state index contributed by atoms with van der Waals surface area (Å²) < 4.78 is 4.90. The molecule has 0 spiro atoms. The third-order valence-corrected chi connectivity index (χ3v) is 4.86. The zero-order valence-corrected chi connectivity index (χ0v) is 16.4. The Morgan fingerprint density at radius 1 is 1.19 bits per heavy atom. The molecule has 8 heteroatoms. The summed E-state index contributed by atoms with van der Waals surface area (Å²) in [6.07, 6.45) is -0.506. The monoisotopic (exact) mass is 376 g/mol. The number of nitrogens with one attached hydrogen (secondary N) is 3. The van der Waals surface area contributed by atoms with Crippen LogP contribution in [0.2, 0.25) is 0 Å². The minimum Gasteiger partial charge on any atom is -0.450 e. The summed E-state index contributed by atoms with van der Waals surface area (Å²) in [6, 6.07) is 4.96. The third-order valence-electron chi connectivity index (χ3n) is 3.87. The highest BCUT2D eigenvalue weighted by Crippen LogP contribution is 2.25. The fourth-order valence-corrected chi connectivity index (χ4v) is 3.06. The first kappa shape index (κ1) is 19.7. The molecule has 1 aromatic heterocycles. The Balaban J connectivity index is 2.04. The van der Waals surface area contributed by atoms with Gasteiger partial charge < -0.3 is 15.4 Å². The molecule has 0 aliphatic carbocycles. The van der Waals surface area contributed by atoms with E-state index in [1.165, 1.54) is 11.3 Å². The van der Waals surface area contributed by atoms with Gasteiger partial charge in [-0.3, -0.25) is 10.1 Å². The molecule has 3 N–H and O–H groups in total. The standard InChI is InChI=1S/C18H24N4O3S/c1-6-25-18(24)21-15-9-7-8-14(10(15)2)19-12(4)16(23)22-17-20-11(3)13(5)26-17/h7-9,12,19H,6H2,1-5H3,(H,21,24)(H,20,22,23). The van der Waals surface area contributed by atoms with Crippen LogP contribution < -0.4 is 16.0 Å². The number of hydrogen-bond donors (Lipinski definition) is 3. The number of benzene rings is 1. The Morgan fingerprint density at radius 2 is 1.88 bits per heavy atom. The Morgan fingerprint density at radius 3 is 2.50 bits per heavy atom. The Hall–Kier alpha value is -2.61. The van der Waals surface area contributed by atoms with Gasteiger partial charge >= 0.3 is 6.09 Å². The van der Waals surface area contributed by atoms with Gasteiger partial charge in [-0.2, -0.15) is 0 Å². The average Bonchev–Trinajstić information content (AvgIpc) is 2.89. The number of anilines is 3. The number of amides is 2. The maximum atomic E-state index is 12.4. The highest BCUT2D eigenvalue weighted by molar-refractivity contribution is 7.15. The SMILES string of the molecule is CCOC(=O)Nc1cccc(NC(C)C(=O)Nc2nc(C)c(C)s2)c1C. The molecule has 140 valence electrons. The molecule has 0 bridgehead atoms. The van der Waals surface area contributed by atoms with Crippen molar-refractivity contribution in [2.24, 2.45) is 0 Å². The first-order valence-electron chi connectivity index (χ1n) is 8.36. The van der Waals surface area contributed by atoms with Crippen LogP contribution in [0.3, 0.4) is 0 Å². The lowest BCUT2D eigenvalue weighted by atomic mass is 10.1. The van der Waals surface area contributed by atoms with Crippen molar-refractivity contribution >= 4 is 39.8 Å². The second-order valence-electron chi connectivity index (χ2n) is 5.84. The van der Waals surface area contributed by atoms with Crippen LogP contribution >= 0.6 is 11.3 Å². The van der Waals surface area contributed by atoms with E-state index in [4.69, 9.17) is 4.74 Å². The summed E-state index contributed by atoms with van der Waals surface area (Å²) in [4.78, 5) is 29.4. The molecule has 1 heterocycles. The molecule has 26 heavy (non-hydrogen) atoms. The second kappa shape index (κ2) is 8.66. The quantitative estimate of drug-likeness (QED) is 0.706. The summed E-state index contributed by atoms with van der Waals surface area (Å²) in [5.74, 6) is -0.179. The number of thiazole rings is 1. The number of hydrogen-bond acceptors (Lipinski definition) is 6. The average molecular weight is 376 g/mol. The molecule has 1 aromatic carbocycles. The first-order valence-corrected chi connectivity index (χ1v) is 9.18. The molecule has 7 nitrogen and oxygen atoms in total. The van der Waals surface area contributed by atoms with Crippen LogP contribution in [0.15, 0.2) is 18.2 Å². The lowest BCUT2D eigenvalue weighted by Crippen LogP contribution is -2.32. The number of rotatable bonds is 6. The lowest BCUT2D eigenvalue weighted by Gasteiger charge is -2.18. The largest absolute Gasteiger partial charge is 0.450 e. The highest BCUT2D eigenvalue weighted by atomic mass is 32.1. The number of carbonyl (C=O) groups excluding carboxylic acids is 2. The number of nitrogens with zero attached hydrogens (tertiary/aromatic N) is 1. The van der Waals surface area contributed by atoms with E-state index < -0.39 is 12.1 Å². The minimum absolute atomic E-state index is 0.179. The van der Waals surface area contributed by atoms with E-state index in [0.29, 0.717) is 17.4 Å². The minimum atomic E-state index is -0.506. The number of ether oxygens (including phenoxy) is 1. The van der Waals surface area contributed by atoms with Crippen molar-refractivity contribution in [2.45, 2.75) is 40.7 Å². The van der Waals surface area contributed by atoms with Crippen LogP contribution in [0.1, 0.15) is 30.0 Å². The molecule has 0 saturated carbocycles. The zero-order chi connectivity index (χ0) is 19.3. The predicted octanol–water partition coefficient (Wildman–Crippen LogP) is 4.08. The summed E-state index contributed by atoms with van der Waals surface area (Å²) in [7, 11) is 0. The van der Waals surface area contributed by atoms with E-state index in [1.54, 1.807) is 26.0 Å². The Kier molecular flexibility index (Phi) is 6.57. The van der Waals surface area contributed by atoms with Crippen molar-refractivity contribution in [1.82, 2.24) is 4.98 Å². The first-order chi connectivity index (χ1) is 12.3. The number of aromatic nitrogens is 1. The van der Waals surface area contributed by atoms with Crippen LogP contribution in [0.5, 0.6) is 0 Å². The van der Waals surface area contributed by atoms with Gasteiger partial charge in [-0.25, -0.2) is 9.78 Å². The molecule has 0 aliphatic heterocycles. The van der Waals surface area contributed by atoms with E-state index in [2.05, 4.69) is 20.9 Å². The van der Waals surface area contributed by atoms with E-state index in [-0.39, 0.29) is 5.91 Å². The molecule has 2 rings (SSSR count). The van der Waals surface area contributed by atoms with Crippen LogP contribution in [-0.4, -0.2) is 29.6 Å². The maximum Gasteiger partial charge on any atom is 0.411 e. The maximum absolute atomic E-state index is 12.4. The molecule has 0 aliphatic rings. The molecule has 0 radical (unpaired) electrons. The van der Waals surface area contributed by atoms with E-state index in [0.717, 1.165) is 21.8 Å². The van der Waals surface area contributed by atoms with Gasteiger partial charge in [0.15, 0.2) is 5.13 Å². The predicted molar refractivity (Wildman–Crippen MR) is 105 cm³/mol. The molecule has 2 amide bonds. The molecular formula is C18H24N4O3S. The highest BCUT2D eigenvalue weighted by Gasteiger charge is 2.17. The molecule has 0 saturated heterocycles. The van der Waals surface area contributed by atoms with Crippen LogP contribution in [0.25, 0.3) is 0 Å². The Labute approximate surface area is 157 Å². The Bertz CT molecular complexity index is 784. The van der Waals surface area contributed by atoms with Gasteiger partial charge in [0, 0.05) is 16.3 Å². The third kappa shape index (κ3) is 4.95. The van der Waals surface area contributed by atoms with Crippen molar-refractivity contribution < 1.29 is 14.3 Å². The fraction of sp³-hybridized carbons (Fsp3) is 0.389. The molecular weight excluding hydrogens is 352 g/mol. The number of aryl methyl sites for hydroxylation is 2. The fourth-order valence-electron chi connectivity index (χ4n) is 2.24. The van der Waals surface area contributed by atoms with Crippen molar-refractivity contribution in [1.29, 1.82) is 0 Å². The molecule has 2 aromatic rings. The molecule has 1 unspecified atom stereocenters. The normalized spacial score (nSPS) is 11.6. The van der Waals surface area contributed by atoms with E-state index in [1.807, 2.05) is 26.8 Å².